The SMILES string of the molecule is O=C1C[C@@H]2CN(C(=O)Cn3nc(Cc4ccccc4)c4ccccc4c3=O)CC[C@@H]2N1. The Morgan fingerprint density at radius 3 is 2.58 bits per heavy atom. The number of hydrogen-bond acceptors (Lipinski definition) is 4. The van der Waals surface area contributed by atoms with E-state index >= 15 is 0 Å². The highest BCUT2D eigenvalue weighted by molar-refractivity contribution is 5.84. The lowest BCUT2D eigenvalue weighted by atomic mass is 9.93. The molecule has 3 aromatic rings. The number of carbonyl (C=O) groups excluding carboxylic acids is 2. The number of piperidine rings is 1. The minimum Gasteiger partial charge on any atom is -0.353 e. The van der Waals surface area contributed by atoms with Crippen LogP contribution < -0.4 is 10.9 Å². The molecule has 2 fully saturated rings. The quantitative estimate of drug-likeness (QED) is 0.702. The lowest BCUT2D eigenvalue weighted by Gasteiger charge is -2.34. The molecule has 0 radical (unpaired) electrons. The van der Waals surface area contributed by atoms with Gasteiger partial charge in [0.15, 0.2) is 0 Å². The van der Waals surface area contributed by atoms with E-state index in [1.807, 2.05) is 48.5 Å². The Hall–Kier alpha value is -3.48. The summed E-state index contributed by atoms with van der Waals surface area (Å²) in [5.41, 5.74) is 1.61. The standard InChI is InChI=1S/C24H24N4O3/c29-22-13-17-14-27(11-10-20(17)25-22)23(30)15-28-24(31)19-9-5-4-8-18(19)21(26-28)12-16-6-2-1-3-7-16/h1-9,17,20H,10-15H2,(H,25,29)/t17-,20+/m1/s1. The van der Waals surface area contributed by atoms with Gasteiger partial charge in [0.2, 0.25) is 11.8 Å². The third-order valence-electron chi connectivity index (χ3n) is 6.32. The van der Waals surface area contributed by atoms with Crippen LogP contribution >= 0.6 is 0 Å². The fraction of sp³-hybridized carbons (Fsp3) is 0.333. The minimum atomic E-state index is -0.256. The first-order chi connectivity index (χ1) is 15.1. The lowest BCUT2D eigenvalue weighted by molar-refractivity contribution is -0.134. The summed E-state index contributed by atoms with van der Waals surface area (Å²) >= 11 is 0. The zero-order valence-electron chi connectivity index (χ0n) is 17.2. The molecule has 2 amide bonds. The Bertz CT molecular complexity index is 1200. The number of aromatic nitrogens is 2. The summed E-state index contributed by atoms with van der Waals surface area (Å²) in [5.74, 6) is 0.0794. The number of amides is 2. The highest BCUT2D eigenvalue weighted by atomic mass is 16.2. The maximum absolute atomic E-state index is 13.1. The molecule has 2 aromatic carbocycles. The van der Waals surface area contributed by atoms with Crippen LogP contribution in [-0.2, 0) is 22.6 Å². The molecular formula is C24H24N4O3. The Morgan fingerprint density at radius 1 is 1.03 bits per heavy atom. The molecule has 2 atom stereocenters. The van der Waals surface area contributed by atoms with E-state index in [0.29, 0.717) is 31.3 Å². The van der Waals surface area contributed by atoms with Crippen molar-refractivity contribution in [2.24, 2.45) is 5.92 Å². The predicted octanol–water partition coefficient (Wildman–Crippen LogP) is 1.72. The maximum atomic E-state index is 13.1. The van der Waals surface area contributed by atoms with Crippen molar-refractivity contribution in [2.75, 3.05) is 13.1 Å². The van der Waals surface area contributed by atoms with E-state index in [4.69, 9.17) is 0 Å². The van der Waals surface area contributed by atoms with Crippen LogP contribution in [0.4, 0.5) is 0 Å². The van der Waals surface area contributed by atoms with E-state index in [2.05, 4.69) is 10.4 Å². The molecule has 0 spiro atoms. The number of nitrogens with one attached hydrogen (secondary N) is 1. The molecule has 0 saturated carbocycles. The average Bonchev–Trinajstić information content (AvgIpc) is 3.17. The molecule has 5 rings (SSSR count). The van der Waals surface area contributed by atoms with Gasteiger partial charge in [-0.15, -0.1) is 0 Å². The first-order valence-electron chi connectivity index (χ1n) is 10.7. The molecule has 0 unspecified atom stereocenters. The van der Waals surface area contributed by atoms with Crippen molar-refractivity contribution in [1.29, 1.82) is 0 Å². The summed E-state index contributed by atoms with van der Waals surface area (Å²) in [7, 11) is 0. The second-order valence-electron chi connectivity index (χ2n) is 8.38. The Morgan fingerprint density at radius 2 is 1.77 bits per heavy atom. The van der Waals surface area contributed by atoms with Crippen LogP contribution in [0.1, 0.15) is 24.1 Å². The van der Waals surface area contributed by atoms with E-state index in [1.54, 1.807) is 11.0 Å². The topological polar surface area (TPSA) is 84.3 Å². The van der Waals surface area contributed by atoms with Crippen LogP contribution in [0.15, 0.2) is 59.4 Å². The molecule has 158 valence electrons. The summed E-state index contributed by atoms with van der Waals surface area (Å²) < 4.78 is 1.30. The van der Waals surface area contributed by atoms with Crippen molar-refractivity contribution >= 4 is 22.6 Å². The van der Waals surface area contributed by atoms with Gasteiger partial charge in [-0.25, -0.2) is 4.68 Å². The summed E-state index contributed by atoms with van der Waals surface area (Å²) in [6.45, 7) is 1.03. The van der Waals surface area contributed by atoms with Crippen LogP contribution in [0, 0.1) is 5.92 Å². The van der Waals surface area contributed by atoms with Crippen molar-refractivity contribution < 1.29 is 9.59 Å². The Kier molecular flexibility index (Phi) is 5.02. The van der Waals surface area contributed by atoms with Crippen LogP contribution in [-0.4, -0.2) is 45.6 Å². The Labute approximate surface area is 179 Å². The zero-order chi connectivity index (χ0) is 21.4. The molecule has 0 bridgehead atoms. The highest BCUT2D eigenvalue weighted by Gasteiger charge is 2.38. The molecular weight excluding hydrogens is 392 g/mol. The molecule has 2 saturated heterocycles. The largest absolute Gasteiger partial charge is 0.353 e. The fourth-order valence-corrected chi connectivity index (χ4v) is 4.72. The summed E-state index contributed by atoms with van der Waals surface area (Å²) in [6, 6.07) is 17.6. The number of hydrogen-bond donors (Lipinski definition) is 1. The smallest absolute Gasteiger partial charge is 0.275 e. The van der Waals surface area contributed by atoms with E-state index in [0.717, 1.165) is 23.1 Å². The average molecular weight is 416 g/mol. The third kappa shape index (κ3) is 3.83. The molecule has 2 aliphatic heterocycles. The van der Waals surface area contributed by atoms with Gasteiger partial charge in [-0.05, 0) is 18.1 Å². The van der Waals surface area contributed by atoms with E-state index in [-0.39, 0.29) is 35.9 Å². The number of rotatable bonds is 4. The van der Waals surface area contributed by atoms with Crippen molar-refractivity contribution in [1.82, 2.24) is 20.0 Å². The van der Waals surface area contributed by atoms with Gasteiger partial charge in [0.25, 0.3) is 5.56 Å². The van der Waals surface area contributed by atoms with Crippen LogP contribution in [0.3, 0.4) is 0 Å². The molecule has 0 aliphatic carbocycles. The molecule has 3 heterocycles. The second kappa shape index (κ2) is 7.98. The molecule has 7 nitrogen and oxygen atoms in total. The number of nitrogens with zero attached hydrogens (tertiary/aromatic N) is 3. The van der Waals surface area contributed by atoms with Crippen LogP contribution in [0.2, 0.25) is 0 Å². The zero-order valence-corrected chi connectivity index (χ0v) is 17.2. The number of likely N-dealkylation sites (tertiary alicyclic amines) is 1. The Balaban J connectivity index is 1.43. The number of benzene rings is 2. The molecule has 1 aromatic heterocycles. The van der Waals surface area contributed by atoms with Gasteiger partial charge in [-0.3, -0.25) is 14.4 Å². The van der Waals surface area contributed by atoms with Crippen molar-refractivity contribution in [2.45, 2.75) is 31.8 Å². The normalized spacial score (nSPS) is 20.5. The van der Waals surface area contributed by atoms with E-state index in [1.165, 1.54) is 4.68 Å². The van der Waals surface area contributed by atoms with Gasteiger partial charge >= 0.3 is 0 Å². The predicted molar refractivity (Wildman–Crippen MR) is 116 cm³/mol. The first kappa shape index (κ1) is 19.5. The lowest BCUT2D eigenvalue weighted by Crippen LogP contribution is -2.48. The van der Waals surface area contributed by atoms with Gasteiger partial charge in [-0.1, -0.05) is 48.5 Å². The van der Waals surface area contributed by atoms with E-state index < -0.39 is 0 Å². The molecule has 1 N–H and O–H groups in total. The van der Waals surface area contributed by atoms with Gasteiger partial charge in [0, 0.05) is 43.3 Å². The van der Waals surface area contributed by atoms with Crippen molar-refractivity contribution in [3.63, 3.8) is 0 Å². The van der Waals surface area contributed by atoms with Crippen LogP contribution in [0.5, 0.6) is 0 Å². The molecule has 7 heteroatoms. The third-order valence-corrected chi connectivity index (χ3v) is 6.32. The van der Waals surface area contributed by atoms with Gasteiger partial charge in [0.05, 0.1) is 11.1 Å². The van der Waals surface area contributed by atoms with Gasteiger partial charge < -0.3 is 10.2 Å². The summed E-state index contributed by atoms with van der Waals surface area (Å²) in [4.78, 5) is 39.5. The van der Waals surface area contributed by atoms with Crippen molar-refractivity contribution in [3.05, 3.63) is 76.2 Å². The summed E-state index contributed by atoms with van der Waals surface area (Å²) in [5, 5.41) is 8.97. The first-order valence-corrected chi connectivity index (χ1v) is 10.7. The van der Waals surface area contributed by atoms with Crippen molar-refractivity contribution in [3.8, 4) is 0 Å². The highest BCUT2D eigenvalue weighted by Crippen LogP contribution is 2.25. The second-order valence-corrected chi connectivity index (χ2v) is 8.38. The van der Waals surface area contributed by atoms with Gasteiger partial charge in [-0.2, -0.15) is 5.10 Å². The van der Waals surface area contributed by atoms with Crippen LogP contribution in [0.25, 0.3) is 10.8 Å². The fourth-order valence-electron chi connectivity index (χ4n) is 4.72. The van der Waals surface area contributed by atoms with Gasteiger partial charge in [0.1, 0.15) is 6.54 Å². The van der Waals surface area contributed by atoms with E-state index in [9.17, 15) is 14.4 Å². The minimum absolute atomic E-state index is 0.0577. The molecule has 2 aliphatic rings. The monoisotopic (exact) mass is 416 g/mol. The maximum Gasteiger partial charge on any atom is 0.275 e. The summed E-state index contributed by atoms with van der Waals surface area (Å²) in [6.07, 6.45) is 1.79. The molecule has 31 heavy (non-hydrogen) atoms. The number of carbonyl (C=O) groups is 2. The number of fused-ring (bicyclic) bond motifs is 2.